The van der Waals surface area contributed by atoms with Crippen molar-refractivity contribution in [2.45, 2.75) is 18.8 Å². The highest BCUT2D eigenvalue weighted by atomic mass is 16.7. The van der Waals surface area contributed by atoms with Gasteiger partial charge in [-0.3, -0.25) is 0 Å². The molecule has 1 aromatic rings. The Balaban J connectivity index is 2.04. The van der Waals surface area contributed by atoms with Crippen LogP contribution < -0.4 is 0 Å². The molecule has 0 spiro atoms. The fourth-order valence-corrected chi connectivity index (χ4v) is 1.53. The first-order chi connectivity index (χ1) is 7.40. The van der Waals surface area contributed by atoms with Crippen molar-refractivity contribution >= 4 is 6.21 Å². The van der Waals surface area contributed by atoms with E-state index in [0.29, 0.717) is 13.0 Å². The van der Waals surface area contributed by atoms with E-state index in [9.17, 15) is 0 Å². The molecule has 0 radical (unpaired) electrons. The highest BCUT2D eigenvalue weighted by Gasteiger charge is 2.22. The lowest BCUT2D eigenvalue weighted by molar-refractivity contribution is -0.198. The van der Waals surface area contributed by atoms with Crippen LogP contribution in [0.15, 0.2) is 35.5 Å². The minimum Gasteiger partial charge on any atom is -0.411 e. The van der Waals surface area contributed by atoms with Gasteiger partial charge in [-0.1, -0.05) is 35.5 Å². The second-order valence-electron chi connectivity index (χ2n) is 3.34. The minimum absolute atomic E-state index is 0.172. The third-order valence-electron chi connectivity index (χ3n) is 2.27. The van der Waals surface area contributed by atoms with Crippen molar-refractivity contribution in [1.82, 2.24) is 0 Å². The summed E-state index contributed by atoms with van der Waals surface area (Å²) in [5.41, 5.74) is 0.980. The molecular weight excluding hydrogens is 194 g/mol. The zero-order chi connectivity index (χ0) is 10.5. The van der Waals surface area contributed by atoms with Gasteiger partial charge < -0.3 is 14.7 Å². The average Bonchev–Trinajstić information content (AvgIpc) is 2.31. The largest absolute Gasteiger partial charge is 0.411 e. The maximum Gasteiger partial charge on any atom is 0.184 e. The van der Waals surface area contributed by atoms with Crippen LogP contribution in [-0.2, 0) is 9.47 Å². The van der Waals surface area contributed by atoms with E-state index in [1.807, 2.05) is 30.3 Å². The Bertz CT molecular complexity index is 326. The Morgan fingerprint density at radius 1 is 1.33 bits per heavy atom. The summed E-state index contributed by atoms with van der Waals surface area (Å²) in [5.74, 6) is 0. The van der Waals surface area contributed by atoms with Crippen molar-refractivity contribution < 1.29 is 14.7 Å². The summed E-state index contributed by atoms with van der Waals surface area (Å²) in [6.07, 6.45) is 1.57. The van der Waals surface area contributed by atoms with E-state index in [0.717, 1.165) is 5.56 Å². The van der Waals surface area contributed by atoms with E-state index >= 15 is 0 Å². The van der Waals surface area contributed by atoms with E-state index in [1.165, 1.54) is 6.21 Å². The average molecular weight is 207 g/mol. The summed E-state index contributed by atoms with van der Waals surface area (Å²) in [5, 5.41) is 11.4. The van der Waals surface area contributed by atoms with Crippen LogP contribution in [0.3, 0.4) is 0 Å². The van der Waals surface area contributed by atoms with Gasteiger partial charge in [-0.2, -0.15) is 0 Å². The summed E-state index contributed by atoms with van der Waals surface area (Å²) in [6.45, 7) is 0.607. The molecule has 4 nitrogen and oxygen atoms in total. The number of hydrogen-bond acceptors (Lipinski definition) is 4. The number of oxime groups is 1. The van der Waals surface area contributed by atoms with E-state index < -0.39 is 0 Å². The Morgan fingerprint density at radius 2 is 2.13 bits per heavy atom. The van der Waals surface area contributed by atoms with Gasteiger partial charge in [-0.25, -0.2) is 0 Å². The molecule has 1 aromatic carbocycles. The number of benzene rings is 1. The maximum atomic E-state index is 8.42. The van der Waals surface area contributed by atoms with Crippen molar-refractivity contribution in [2.24, 2.45) is 5.16 Å². The summed E-state index contributed by atoms with van der Waals surface area (Å²) in [6, 6.07) is 9.71. The predicted octanol–water partition coefficient (Wildman–Crippen LogP) is 1.95. The number of ether oxygens (including phenoxy) is 2. The topological polar surface area (TPSA) is 51.1 Å². The highest BCUT2D eigenvalue weighted by molar-refractivity contribution is 5.62. The molecule has 0 amide bonds. The second-order valence-corrected chi connectivity index (χ2v) is 3.34. The van der Waals surface area contributed by atoms with Gasteiger partial charge in [-0.05, 0) is 0 Å². The first-order valence-electron chi connectivity index (χ1n) is 4.89. The van der Waals surface area contributed by atoms with Crippen molar-refractivity contribution in [2.75, 3.05) is 6.61 Å². The molecule has 1 fully saturated rings. The monoisotopic (exact) mass is 207 g/mol. The lowest BCUT2D eigenvalue weighted by Crippen LogP contribution is -2.27. The summed E-state index contributed by atoms with van der Waals surface area (Å²) in [4.78, 5) is 0. The fraction of sp³-hybridized carbons (Fsp3) is 0.364. The van der Waals surface area contributed by atoms with Gasteiger partial charge in [-0.15, -0.1) is 0 Å². The Hall–Kier alpha value is -1.39. The van der Waals surface area contributed by atoms with Crippen LogP contribution in [0, 0.1) is 0 Å². The van der Waals surface area contributed by atoms with Gasteiger partial charge in [0.25, 0.3) is 0 Å². The zero-order valence-electron chi connectivity index (χ0n) is 8.24. The molecule has 1 aliphatic heterocycles. The second kappa shape index (κ2) is 4.91. The number of rotatable bonds is 2. The maximum absolute atomic E-state index is 8.42. The molecule has 0 aromatic heterocycles. The first-order valence-corrected chi connectivity index (χ1v) is 4.89. The Labute approximate surface area is 88.1 Å². The molecule has 15 heavy (non-hydrogen) atoms. The molecule has 1 N–H and O–H groups in total. The van der Waals surface area contributed by atoms with Crippen LogP contribution in [0.1, 0.15) is 18.3 Å². The van der Waals surface area contributed by atoms with Crippen LogP contribution in [0.5, 0.6) is 0 Å². The molecule has 1 unspecified atom stereocenters. The third-order valence-corrected chi connectivity index (χ3v) is 2.27. The van der Waals surface area contributed by atoms with E-state index in [1.54, 1.807) is 0 Å². The quantitative estimate of drug-likeness (QED) is 0.458. The van der Waals surface area contributed by atoms with Crippen LogP contribution in [-0.4, -0.2) is 24.1 Å². The molecule has 0 saturated carbocycles. The van der Waals surface area contributed by atoms with Crippen molar-refractivity contribution in [3.63, 3.8) is 0 Å². The van der Waals surface area contributed by atoms with Gasteiger partial charge in [0.1, 0.15) is 6.10 Å². The molecule has 4 heteroatoms. The molecule has 1 aliphatic rings. The Morgan fingerprint density at radius 3 is 2.87 bits per heavy atom. The molecule has 0 aliphatic carbocycles. The van der Waals surface area contributed by atoms with Gasteiger partial charge in [0, 0.05) is 12.0 Å². The van der Waals surface area contributed by atoms with Crippen molar-refractivity contribution in [3.05, 3.63) is 35.9 Å². The smallest absolute Gasteiger partial charge is 0.184 e. The van der Waals surface area contributed by atoms with Gasteiger partial charge in [0.05, 0.1) is 12.8 Å². The first kappa shape index (κ1) is 10.1. The van der Waals surface area contributed by atoms with Crippen LogP contribution >= 0.6 is 0 Å². The van der Waals surface area contributed by atoms with Crippen molar-refractivity contribution in [3.8, 4) is 0 Å². The highest BCUT2D eigenvalue weighted by Crippen LogP contribution is 2.25. The van der Waals surface area contributed by atoms with Gasteiger partial charge >= 0.3 is 0 Å². The SMILES string of the molecule is O/N=C/[C@@H]1CCOC(c2ccccc2)O1. The molecule has 1 saturated heterocycles. The van der Waals surface area contributed by atoms with Gasteiger partial charge in [0.15, 0.2) is 6.29 Å². The molecular formula is C11H13NO3. The summed E-state index contributed by atoms with van der Waals surface area (Å²) >= 11 is 0. The molecule has 80 valence electrons. The number of hydrogen-bond donors (Lipinski definition) is 1. The standard InChI is InChI=1S/C11H13NO3/c13-12-8-10-6-7-14-11(15-10)9-4-2-1-3-5-9/h1-5,8,10-11,13H,6-7H2/b12-8+/t10-,11?/m0/s1. The molecule has 0 bridgehead atoms. The summed E-state index contributed by atoms with van der Waals surface area (Å²) in [7, 11) is 0. The molecule has 2 rings (SSSR count). The normalized spacial score (nSPS) is 26.9. The van der Waals surface area contributed by atoms with Gasteiger partial charge in [0.2, 0.25) is 0 Å². The minimum atomic E-state index is -0.358. The Kier molecular flexibility index (Phi) is 3.32. The van der Waals surface area contributed by atoms with Crippen LogP contribution in [0.25, 0.3) is 0 Å². The molecule has 1 heterocycles. The lowest BCUT2D eigenvalue weighted by atomic mass is 10.2. The zero-order valence-corrected chi connectivity index (χ0v) is 8.24. The summed E-state index contributed by atoms with van der Waals surface area (Å²) < 4.78 is 11.1. The predicted molar refractivity (Wildman–Crippen MR) is 54.9 cm³/mol. The third kappa shape index (κ3) is 2.55. The fourth-order valence-electron chi connectivity index (χ4n) is 1.53. The van der Waals surface area contributed by atoms with E-state index in [2.05, 4.69) is 5.16 Å². The van der Waals surface area contributed by atoms with E-state index in [-0.39, 0.29) is 12.4 Å². The lowest BCUT2D eigenvalue weighted by Gasteiger charge is -2.28. The van der Waals surface area contributed by atoms with Crippen LogP contribution in [0.2, 0.25) is 0 Å². The van der Waals surface area contributed by atoms with E-state index in [4.69, 9.17) is 14.7 Å². The molecule has 2 atom stereocenters. The van der Waals surface area contributed by atoms with Crippen LogP contribution in [0.4, 0.5) is 0 Å². The van der Waals surface area contributed by atoms with Crippen molar-refractivity contribution in [1.29, 1.82) is 0 Å². The number of nitrogens with zero attached hydrogens (tertiary/aromatic N) is 1.